The van der Waals surface area contributed by atoms with E-state index in [0.717, 1.165) is 42.0 Å². The molecule has 0 spiro atoms. The van der Waals surface area contributed by atoms with Gasteiger partial charge in [0.25, 0.3) is 5.91 Å². The number of ether oxygens (including phenoxy) is 1. The van der Waals surface area contributed by atoms with Crippen LogP contribution in [0.25, 0.3) is 0 Å². The van der Waals surface area contributed by atoms with Crippen LogP contribution in [0, 0.1) is 0 Å². The smallest absolute Gasteiger partial charge is 0.255 e. The number of hydrogen-bond acceptors (Lipinski definition) is 3. The third-order valence-corrected chi connectivity index (χ3v) is 4.71. The number of amides is 1. The molecular weight excluding hydrogens is 276 g/mol. The van der Waals surface area contributed by atoms with Gasteiger partial charge < -0.3 is 15.0 Å². The summed E-state index contributed by atoms with van der Waals surface area (Å²) in [6, 6.07) is 15.8. The average Bonchev–Trinajstić information content (AvgIpc) is 3.00. The second-order valence-electron chi connectivity index (χ2n) is 5.82. The number of carbonyl (C=O) groups excluding carboxylic acids is 1. The highest BCUT2D eigenvalue weighted by atomic mass is 16.5. The van der Waals surface area contributed by atoms with Crippen LogP contribution in [-0.4, -0.2) is 19.6 Å². The molecule has 4 rings (SSSR count). The molecule has 1 amide bonds. The van der Waals surface area contributed by atoms with Crippen molar-refractivity contribution in [2.24, 2.45) is 0 Å². The van der Waals surface area contributed by atoms with Gasteiger partial charge >= 0.3 is 0 Å². The second kappa shape index (κ2) is 4.77. The fraction of sp³-hybridized carbons (Fsp3) is 0.278. The summed E-state index contributed by atoms with van der Waals surface area (Å²) in [5, 5.41) is 3.25. The molecule has 112 valence electrons. The number of benzene rings is 2. The fourth-order valence-electron chi connectivity index (χ4n) is 3.67. The van der Waals surface area contributed by atoms with Gasteiger partial charge in [0.2, 0.25) is 0 Å². The number of nitrogens with one attached hydrogen (secondary N) is 1. The summed E-state index contributed by atoms with van der Waals surface area (Å²) >= 11 is 0. The zero-order valence-corrected chi connectivity index (χ0v) is 12.5. The van der Waals surface area contributed by atoms with Crippen molar-refractivity contribution in [2.75, 3.05) is 18.6 Å². The van der Waals surface area contributed by atoms with Crippen LogP contribution in [-0.2, 0) is 5.66 Å². The number of rotatable bonds is 2. The van der Waals surface area contributed by atoms with Gasteiger partial charge in [-0.1, -0.05) is 24.3 Å². The van der Waals surface area contributed by atoms with Gasteiger partial charge in [-0.05, 0) is 42.7 Å². The van der Waals surface area contributed by atoms with Gasteiger partial charge in [-0.3, -0.25) is 4.79 Å². The minimum Gasteiger partial charge on any atom is -0.497 e. The highest BCUT2D eigenvalue weighted by Gasteiger charge is 2.48. The van der Waals surface area contributed by atoms with Crippen LogP contribution < -0.4 is 15.0 Å². The fourth-order valence-corrected chi connectivity index (χ4v) is 3.67. The average molecular weight is 294 g/mol. The summed E-state index contributed by atoms with van der Waals surface area (Å²) in [4.78, 5) is 14.9. The van der Waals surface area contributed by atoms with Crippen molar-refractivity contribution < 1.29 is 9.53 Å². The Bertz CT molecular complexity index is 726. The van der Waals surface area contributed by atoms with Crippen molar-refractivity contribution in [3.8, 4) is 5.75 Å². The Morgan fingerprint density at radius 1 is 1.14 bits per heavy atom. The largest absolute Gasteiger partial charge is 0.497 e. The van der Waals surface area contributed by atoms with Gasteiger partial charge in [-0.15, -0.1) is 0 Å². The third kappa shape index (κ3) is 1.73. The molecule has 1 atom stereocenters. The van der Waals surface area contributed by atoms with Gasteiger partial charge in [0.1, 0.15) is 11.4 Å². The van der Waals surface area contributed by atoms with E-state index in [2.05, 4.69) is 10.2 Å². The predicted molar refractivity (Wildman–Crippen MR) is 85.2 cm³/mol. The maximum Gasteiger partial charge on any atom is 0.255 e. The summed E-state index contributed by atoms with van der Waals surface area (Å²) in [6.07, 6.45) is 1.97. The van der Waals surface area contributed by atoms with E-state index >= 15 is 0 Å². The number of para-hydroxylation sites is 1. The van der Waals surface area contributed by atoms with Crippen LogP contribution >= 0.6 is 0 Å². The minimum absolute atomic E-state index is 0.00423. The van der Waals surface area contributed by atoms with Crippen LogP contribution in [0.5, 0.6) is 5.75 Å². The first kappa shape index (κ1) is 13.2. The van der Waals surface area contributed by atoms with Crippen molar-refractivity contribution in [2.45, 2.75) is 18.5 Å². The quantitative estimate of drug-likeness (QED) is 0.926. The van der Waals surface area contributed by atoms with E-state index in [1.807, 2.05) is 48.5 Å². The molecule has 4 heteroatoms. The van der Waals surface area contributed by atoms with Crippen LogP contribution in [0.1, 0.15) is 28.8 Å². The highest BCUT2D eigenvalue weighted by Crippen LogP contribution is 2.44. The molecule has 0 aliphatic carbocycles. The highest BCUT2D eigenvalue weighted by molar-refractivity contribution is 6.02. The predicted octanol–water partition coefficient (Wildman–Crippen LogP) is 2.89. The number of nitrogens with zero attached hydrogens (tertiary/aromatic N) is 1. The van der Waals surface area contributed by atoms with Gasteiger partial charge in [0, 0.05) is 6.54 Å². The summed E-state index contributed by atoms with van der Waals surface area (Å²) in [5.74, 6) is 0.830. The lowest BCUT2D eigenvalue weighted by Crippen LogP contribution is -2.58. The van der Waals surface area contributed by atoms with Crippen molar-refractivity contribution in [1.82, 2.24) is 5.32 Å². The number of methoxy groups -OCH3 is 1. The molecule has 0 saturated carbocycles. The maximum atomic E-state index is 12.6. The first-order chi connectivity index (χ1) is 10.7. The van der Waals surface area contributed by atoms with Gasteiger partial charge in [-0.25, -0.2) is 0 Å². The van der Waals surface area contributed by atoms with E-state index < -0.39 is 5.66 Å². The van der Waals surface area contributed by atoms with E-state index in [0.29, 0.717) is 0 Å². The van der Waals surface area contributed by atoms with Crippen molar-refractivity contribution in [1.29, 1.82) is 0 Å². The van der Waals surface area contributed by atoms with Crippen molar-refractivity contribution in [3.05, 3.63) is 59.7 Å². The molecule has 0 radical (unpaired) electrons. The Morgan fingerprint density at radius 3 is 2.68 bits per heavy atom. The van der Waals surface area contributed by atoms with Crippen LogP contribution in [0.4, 0.5) is 5.69 Å². The zero-order chi connectivity index (χ0) is 15.2. The summed E-state index contributed by atoms with van der Waals surface area (Å²) in [6.45, 7) is 0.948. The molecule has 2 aliphatic rings. The Hall–Kier alpha value is -2.49. The van der Waals surface area contributed by atoms with Crippen molar-refractivity contribution in [3.63, 3.8) is 0 Å². The Labute approximate surface area is 129 Å². The molecule has 2 aliphatic heterocycles. The Morgan fingerprint density at radius 2 is 1.91 bits per heavy atom. The molecule has 1 saturated heterocycles. The SMILES string of the molecule is COc1ccc([C@]23CCCN2c2ccccc2C(=O)N3)cc1. The summed E-state index contributed by atoms with van der Waals surface area (Å²) in [5.41, 5.74) is 2.46. The van der Waals surface area contributed by atoms with Gasteiger partial charge in [0.05, 0.1) is 18.4 Å². The Kier molecular flexibility index (Phi) is 2.86. The van der Waals surface area contributed by atoms with Gasteiger partial charge in [-0.2, -0.15) is 0 Å². The molecule has 0 aromatic heterocycles. The van der Waals surface area contributed by atoms with E-state index in [1.165, 1.54) is 0 Å². The first-order valence-corrected chi connectivity index (χ1v) is 7.58. The lowest BCUT2D eigenvalue weighted by molar-refractivity contribution is 0.0886. The number of fused-ring (bicyclic) bond motifs is 3. The molecule has 1 fully saturated rings. The van der Waals surface area contributed by atoms with E-state index in [9.17, 15) is 4.79 Å². The normalized spacial score (nSPS) is 22.8. The topological polar surface area (TPSA) is 41.6 Å². The molecule has 22 heavy (non-hydrogen) atoms. The van der Waals surface area contributed by atoms with Crippen LogP contribution in [0.15, 0.2) is 48.5 Å². The molecule has 1 N–H and O–H groups in total. The van der Waals surface area contributed by atoms with Crippen LogP contribution in [0.3, 0.4) is 0 Å². The van der Waals surface area contributed by atoms with E-state index in [4.69, 9.17) is 4.74 Å². The lowest BCUT2D eigenvalue weighted by atomic mass is 9.92. The van der Waals surface area contributed by atoms with Crippen molar-refractivity contribution >= 4 is 11.6 Å². The molecule has 0 bridgehead atoms. The molecular formula is C18H18N2O2. The van der Waals surface area contributed by atoms with Crippen LogP contribution in [0.2, 0.25) is 0 Å². The molecule has 4 nitrogen and oxygen atoms in total. The molecule has 2 heterocycles. The summed E-state index contributed by atoms with van der Waals surface area (Å²) < 4.78 is 5.24. The maximum absolute atomic E-state index is 12.6. The standard InChI is InChI=1S/C18H18N2O2/c1-22-14-9-7-13(8-10-14)18-11-4-12-20(18)16-6-3-2-5-15(16)17(21)19-18/h2-3,5-10H,4,11-12H2,1H3,(H,19,21)/t18-/m0/s1. The molecule has 2 aromatic carbocycles. The van der Waals surface area contributed by atoms with E-state index in [-0.39, 0.29) is 5.91 Å². The second-order valence-corrected chi connectivity index (χ2v) is 5.82. The Balaban J connectivity index is 1.85. The number of anilines is 1. The molecule has 0 unspecified atom stereocenters. The third-order valence-electron chi connectivity index (χ3n) is 4.71. The number of carbonyl (C=O) groups is 1. The zero-order valence-electron chi connectivity index (χ0n) is 12.5. The van der Waals surface area contributed by atoms with Gasteiger partial charge in [0.15, 0.2) is 0 Å². The number of hydrogen-bond donors (Lipinski definition) is 1. The first-order valence-electron chi connectivity index (χ1n) is 7.58. The lowest BCUT2D eigenvalue weighted by Gasteiger charge is -2.45. The summed E-state index contributed by atoms with van der Waals surface area (Å²) in [7, 11) is 1.66. The molecule has 2 aromatic rings. The minimum atomic E-state index is -0.433. The van der Waals surface area contributed by atoms with E-state index in [1.54, 1.807) is 7.11 Å². The monoisotopic (exact) mass is 294 g/mol.